The number of hydrogen-bond donors (Lipinski definition) is 2. The summed E-state index contributed by atoms with van der Waals surface area (Å²) in [6.45, 7) is 1.66. The molecule has 1 atom stereocenters. The molecule has 2 aromatic heterocycles. The van der Waals surface area contributed by atoms with E-state index in [-0.39, 0.29) is 22.8 Å². The van der Waals surface area contributed by atoms with E-state index in [1.54, 1.807) is 23.0 Å². The molecule has 3 aromatic rings. The molecule has 0 spiro atoms. The Bertz CT molecular complexity index is 1140. The van der Waals surface area contributed by atoms with Gasteiger partial charge >= 0.3 is 0 Å². The highest BCUT2D eigenvalue weighted by Gasteiger charge is 2.18. The number of para-hydroxylation sites is 1. The van der Waals surface area contributed by atoms with Gasteiger partial charge in [-0.15, -0.1) is 10.2 Å². The summed E-state index contributed by atoms with van der Waals surface area (Å²) in [7, 11) is 1.50. The molecule has 1 aromatic carbocycles. The maximum atomic E-state index is 12.4. The first kappa shape index (κ1) is 17.7. The summed E-state index contributed by atoms with van der Waals surface area (Å²) in [5, 5.41) is 16.9. The van der Waals surface area contributed by atoms with Gasteiger partial charge in [0.1, 0.15) is 6.23 Å². The van der Waals surface area contributed by atoms with Gasteiger partial charge in [0.05, 0.1) is 24.2 Å². The van der Waals surface area contributed by atoms with Gasteiger partial charge in [-0.3, -0.25) is 4.79 Å². The zero-order valence-corrected chi connectivity index (χ0v) is 17.4. The minimum Gasteiger partial charge on any atom is -0.494 e. The Hall–Kier alpha value is -3.17. The molecule has 9 nitrogen and oxygen atoms in total. The third-order valence-corrected chi connectivity index (χ3v) is 4.43. The van der Waals surface area contributed by atoms with Gasteiger partial charge in [0.2, 0.25) is 0 Å². The number of amides is 1. The summed E-state index contributed by atoms with van der Waals surface area (Å²) in [4.78, 5) is 12.4. The van der Waals surface area contributed by atoms with E-state index in [0.29, 0.717) is 29.3 Å². The fraction of sp³-hybridized carbons (Fsp3) is 0.300. The van der Waals surface area contributed by atoms with Crippen molar-refractivity contribution in [2.45, 2.75) is 20.1 Å². The van der Waals surface area contributed by atoms with Gasteiger partial charge in [-0.2, -0.15) is 5.10 Å². The molecule has 1 unspecified atom stereocenters. The summed E-state index contributed by atoms with van der Waals surface area (Å²) < 4.78 is 34.7. The van der Waals surface area contributed by atoms with Crippen molar-refractivity contribution in [2.24, 2.45) is 0 Å². The quantitative estimate of drug-likeness (QED) is 0.558. The van der Waals surface area contributed by atoms with Crippen LogP contribution in [-0.2, 0) is 4.74 Å². The SMILES string of the molecule is [2H]C([2H])([2H])NC(=O)c1nnc(Cl)cc1Nc1cccc(-c2ccn(C(C)OCC)n2)c1OC. The van der Waals surface area contributed by atoms with Crippen LogP contribution in [0.25, 0.3) is 11.3 Å². The van der Waals surface area contributed by atoms with Gasteiger partial charge in [-0.1, -0.05) is 17.7 Å². The molecule has 0 aliphatic rings. The van der Waals surface area contributed by atoms with Gasteiger partial charge in [-0.25, -0.2) is 4.68 Å². The van der Waals surface area contributed by atoms with Crippen molar-refractivity contribution in [3.8, 4) is 17.0 Å². The van der Waals surface area contributed by atoms with E-state index in [1.165, 1.54) is 13.2 Å². The molecule has 2 N–H and O–H groups in total. The molecule has 3 rings (SSSR count). The second kappa shape index (κ2) is 9.55. The predicted octanol–water partition coefficient (Wildman–Crippen LogP) is 3.66. The first-order chi connectivity index (χ1) is 15.6. The molecule has 0 aliphatic heterocycles. The highest BCUT2D eigenvalue weighted by molar-refractivity contribution is 6.29. The Morgan fingerprint density at radius 3 is 2.90 bits per heavy atom. The molecule has 158 valence electrons. The summed E-state index contributed by atoms with van der Waals surface area (Å²) in [5.74, 6) is -0.484. The van der Waals surface area contributed by atoms with Crippen LogP contribution in [-0.4, -0.2) is 46.6 Å². The number of rotatable bonds is 8. The Kier molecular flexibility index (Phi) is 5.63. The summed E-state index contributed by atoms with van der Waals surface area (Å²) in [5.41, 5.74) is 1.73. The fourth-order valence-corrected chi connectivity index (χ4v) is 3.04. The van der Waals surface area contributed by atoms with Crippen molar-refractivity contribution in [2.75, 3.05) is 26.0 Å². The van der Waals surface area contributed by atoms with Gasteiger partial charge in [0.25, 0.3) is 5.91 Å². The maximum Gasteiger partial charge on any atom is 0.273 e. The van der Waals surface area contributed by atoms with E-state index in [0.717, 1.165) is 0 Å². The second-order valence-electron chi connectivity index (χ2n) is 6.13. The van der Waals surface area contributed by atoms with Crippen molar-refractivity contribution >= 4 is 28.9 Å². The lowest BCUT2D eigenvalue weighted by Gasteiger charge is -2.16. The number of halogens is 1. The highest BCUT2D eigenvalue weighted by atomic mass is 35.5. The Morgan fingerprint density at radius 2 is 2.17 bits per heavy atom. The molecule has 30 heavy (non-hydrogen) atoms. The van der Waals surface area contributed by atoms with Crippen LogP contribution in [0.1, 0.15) is 34.7 Å². The summed E-state index contributed by atoms with van der Waals surface area (Å²) in [6, 6.07) is 8.54. The normalized spacial score (nSPS) is 13.7. The lowest BCUT2D eigenvalue weighted by atomic mass is 10.1. The standard InChI is InChI=1S/C20H23ClN6O3/c1-5-30-12(2)27-10-9-14(26-27)13-7-6-8-15(19(13)29-4)23-16-11-17(21)24-25-18(16)20(28)22-3/h6-12H,5H2,1-4H3,(H,22,28)(H,23,24)/i3D3. The van der Waals surface area contributed by atoms with Gasteiger partial charge in [0, 0.05) is 35.5 Å². The second-order valence-corrected chi connectivity index (χ2v) is 6.52. The van der Waals surface area contributed by atoms with Crippen LogP contribution in [0, 0.1) is 0 Å². The largest absolute Gasteiger partial charge is 0.494 e. The topological polar surface area (TPSA) is 103 Å². The lowest BCUT2D eigenvalue weighted by Crippen LogP contribution is -2.21. The maximum absolute atomic E-state index is 12.4. The molecular weight excluding hydrogens is 408 g/mol. The van der Waals surface area contributed by atoms with E-state index < -0.39 is 12.9 Å². The van der Waals surface area contributed by atoms with E-state index in [4.69, 9.17) is 25.2 Å². The van der Waals surface area contributed by atoms with Crippen molar-refractivity contribution in [3.05, 3.63) is 47.4 Å². The van der Waals surface area contributed by atoms with Crippen LogP contribution < -0.4 is 15.4 Å². The molecule has 0 aliphatic carbocycles. The number of ether oxygens (including phenoxy) is 2. The molecular formula is C20H23ClN6O3. The lowest BCUT2D eigenvalue weighted by molar-refractivity contribution is 0.0161. The number of anilines is 2. The predicted molar refractivity (Wildman–Crippen MR) is 114 cm³/mol. The zero-order valence-electron chi connectivity index (χ0n) is 19.6. The van der Waals surface area contributed by atoms with Crippen LogP contribution in [0.2, 0.25) is 5.15 Å². The number of aromatic nitrogens is 4. The molecule has 0 fully saturated rings. The van der Waals surface area contributed by atoms with Gasteiger partial charge < -0.3 is 20.1 Å². The number of carbonyl (C=O) groups excluding carboxylic acids is 1. The fourth-order valence-electron chi connectivity index (χ4n) is 2.89. The minimum atomic E-state index is -2.69. The number of benzene rings is 1. The van der Waals surface area contributed by atoms with Crippen molar-refractivity contribution < 1.29 is 18.4 Å². The van der Waals surface area contributed by atoms with Gasteiger partial charge in [0.15, 0.2) is 16.6 Å². The van der Waals surface area contributed by atoms with E-state index in [2.05, 4.69) is 20.6 Å². The van der Waals surface area contributed by atoms with E-state index in [9.17, 15) is 4.79 Å². The monoisotopic (exact) mass is 433 g/mol. The van der Waals surface area contributed by atoms with Crippen molar-refractivity contribution in [1.82, 2.24) is 25.3 Å². The minimum absolute atomic E-state index is 0.0155. The van der Waals surface area contributed by atoms with E-state index in [1.807, 2.05) is 31.3 Å². The highest BCUT2D eigenvalue weighted by Crippen LogP contribution is 2.38. The number of methoxy groups -OCH3 is 1. The summed E-state index contributed by atoms with van der Waals surface area (Å²) in [6.07, 6.45) is 1.57. The van der Waals surface area contributed by atoms with Crippen molar-refractivity contribution in [1.29, 1.82) is 0 Å². The first-order valence-electron chi connectivity index (χ1n) is 10.6. The van der Waals surface area contributed by atoms with Crippen molar-refractivity contribution in [3.63, 3.8) is 0 Å². The van der Waals surface area contributed by atoms with Crippen LogP contribution in [0.5, 0.6) is 5.75 Å². The van der Waals surface area contributed by atoms with Crippen LogP contribution in [0.3, 0.4) is 0 Å². The third kappa shape index (κ3) is 4.52. The number of hydrogen-bond acceptors (Lipinski definition) is 7. The van der Waals surface area contributed by atoms with Crippen LogP contribution in [0.4, 0.5) is 11.4 Å². The zero-order chi connectivity index (χ0) is 24.2. The third-order valence-electron chi connectivity index (χ3n) is 4.25. The number of nitrogens with one attached hydrogen (secondary N) is 2. The molecule has 0 radical (unpaired) electrons. The Balaban J connectivity index is 1.98. The average Bonchev–Trinajstić information content (AvgIpc) is 3.23. The first-order valence-corrected chi connectivity index (χ1v) is 9.47. The molecule has 0 saturated carbocycles. The smallest absolute Gasteiger partial charge is 0.273 e. The molecule has 10 heteroatoms. The average molecular weight is 434 g/mol. The molecule has 1 amide bonds. The van der Waals surface area contributed by atoms with Crippen LogP contribution >= 0.6 is 11.6 Å². The summed E-state index contributed by atoms with van der Waals surface area (Å²) >= 11 is 5.97. The molecule has 2 heterocycles. The number of nitrogens with zero attached hydrogens (tertiary/aromatic N) is 4. The number of carbonyl (C=O) groups is 1. The van der Waals surface area contributed by atoms with Crippen LogP contribution in [0.15, 0.2) is 36.5 Å². The Morgan fingerprint density at radius 1 is 1.33 bits per heavy atom. The van der Waals surface area contributed by atoms with Gasteiger partial charge in [-0.05, 0) is 32.0 Å². The molecule has 0 bridgehead atoms. The molecule has 0 saturated heterocycles. The Labute approximate surface area is 183 Å². The van der Waals surface area contributed by atoms with E-state index >= 15 is 0 Å².